The highest BCUT2D eigenvalue weighted by Gasteiger charge is 2.15. The molecule has 5 heteroatoms. The number of alkyl halides is 1. The smallest absolute Gasteiger partial charge is 0.129 e. The molecule has 0 saturated carbocycles. The van der Waals surface area contributed by atoms with E-state index < -0.39 is 0 Å². The number of benzene rings is 2. The van der Waals surface area contributed by atoms with Gasteiger partial charge in [0.15, 0.2) is 0 Å². The molecule has 102 valence electrons. The molecule has 0 bridgehead atoms. The van der Waals surface area contributed by atoms with E-state index in [9.17, 15) is 0 Å². The van der Waals surface area contributed by atoms with Crippen molar-refractivity contribution in [3.8, 4) is 5.69 Å². The first-order valence-corrected chi connectivity index (χ1v) is 7.80. The first-order chi connectivity index (χ1) is 9.61. The van der Waals surface area contributed by atoms with Crippen molar-refractivity contribution < 1.29 is 0 Å². The highest BCUT2D eigenvalue weighted by Crippen LogP contribution is 2.31. The highest BCUT2D eigenvalue weighted by atomic mass is 79.9. The summed E-state index contributed by atoms with van der Waals surface area (Å²) in [5.74, 6) is 1.12. The average Bonchev–Trinajstić information content (AvgIpc) is 2.77. The standard InChI is InChI=1S/C15H11BrCl2N2/c1-9-3-2-4-11(18)15(9)20-13-7-10(16)5-6-12(13)19-14(20)8-17/h2-7H,8H2,1H3. The molecule has 20 heavy (non-hydrogen) atoms. The second-order valence-electron chi connectivity index (χ2n) is 4.54. The fourth-order valence-electron chi connectivity index (χ4n) is 2.34. The van der Waals surface area contributed by atoms with E-state index in [4.69, 9.17) is 23.2 Å². The van der Waals surface area contributed by atoms with Crippen LogP contribution in [0, 0.1) is 6.92 Å². The van der Waals surface area contributed by atoms with Crippen LogP contribution in [0.4, 0.5) is 0 Å². The Balaban J connectivity index is 2.42. The number of fused-ring (bicyclic) bond motifs is 1. The monoisotopic (exact) mass is 368 g/mol. The first kappa shape index (κ1) is 13.9. The van der Waals surface area contributed by atoms with Gasteiger partial charge in [-0.2, -0.15) is 0 Å². The van der Waals surface area contributed by atoms with Gasteiger partial charge in [0.2, 0.25) is 0 Å². The third-order valence-corrected chi connectivity index (χ3v) is 4.25. The van der Waals surface area contributed by atoms with Crippen LogP contribution in [-0.4, -0.2) is 9.55 Å². The first-order valence-electron chi connectivity index (χ1n) is 6.10. The molecule has 1 heterocycles. The van der Waals surface area contributed by atoms with Crippen molar-refractivity contribution in [3.63, 3.8) is 0 Å². The van der Waals surface area contributed by atoms with Gasteiger partial charge in [-0.3, -0.25) is 4.57 Å². The van der Waals surface area contributed by atoms with Crippen molar-refractivity contribution in [2.75, 3.05) is 0 Å². The topological polar surface area (TPSA) is 17.8 Å². The van der Waals surface area contributed by atoms with E-state index >= 15 is 0 Å². The number of nitrogens with zero attached hydrogens (tertiary/aromatic N) is 2. The minimum atomic E-state index is 0.330. The molecule has 3 rings (SSSR count). The van der Waals surface area contributed by atoms with Gasteiger partial charge in [0.1, 0.15) is 5.82 Å². The molecule has 0 aliphatic carbocycles. The maximum atomic E-state index is 6.39. The number of halogens is 3. The number of aromatic nitrogens is 2. The summed E-state index contributed by atoms with van der Waals surface area (Å²) in [7, 11) is 0. The number of hydrogen-bond donors (Lipinski definition) is 0. The summed E-state index contributed by atoms with van der Waals surface area (Å²) in [5.41, 5.74) is 3.92. The Morgan fingerprint density at radius 2 is 2.05 bits per heavy atom. The lowest BCUT2D eigenvalue weighted by molar-refractivity contribution is 0.972. The maximum Gasteiger partial charge on any atom is 0.129 e. The Morgan fingerprint density at radius 3 is 2.75 bits per heavy atom. The third-order valence-electron chi connectivity index (χ3n) is 3.22. The molecule has 1 aromatic heterocycles. The lowest BCUT2D eigenvalue weighted by Crippen LogP contribution is -2.02. The van der Waals surface area contributed by atoms with Crippen LogP contribution in [0.3, 0.4) is 0 Å². The summed E-state index contributed by atoms with van der Waals surface area (Å²) in [4.78, 5) is 4.58. The summed E-state index contributed by atoms with van der Waals surface area (Å²) in [6.45, 7) is 2.03. The van der Waals surface area contributed by atoms with Crippen LogP contribution < -0.4 is 0 Å². The number of hydrogen-bond acceptors (Lipinski definition) is 1. The number of rotatable bonds is 2. The molecule has 0 saturated heterocycles. The van der Waals surface area contributed by atoms with Crippen molar-refractivity contribution in [2.45, 2.75) is 12.8 Å². The fourth-order valence-corrected chi connectivity index (χ4v) is 3.18. The quantitative estimate of drug-likeness (QED) is 0.546. The van der Waals surface area contributed by atoms with Crippen molar-refractivity contribution >= 4 is 50.2 Å². The zero-order valence-electron chi connectivity index (χ0n) is 10.7. The molecule has 0 N–H and O–H groups in total. The Morgan fingerprint density at radius 1 is 1.25 bits per heavy atom. The number of para-hydroxylation sites is 1. The number of imidazole rings is 1. The minimum absolute atomic E-state index is 0.330. The van der Waals surface area contributed by atoms with Gasteiger partial charge in [0.25, 0.3) is 0 Å². The normalized spacial score (nSPS) is 11.2. The van der Waals surface area contributed by atoms with Gasteiger partial charge in [-0.05, 0) is 36.8 Å². The van der Waals surface area contributed by atoms with Gasteiger partial charge in [-0.25, -0.2) is 4.98 Å². The van der Waals surface area contributed by atoms with Crippen LogP contribution in [0.2, 0.25) is 5.02 Å². The lowest BCUT2D eigenvalue weighted by Gasteiger charge is -2.13. The summed E-state index contributed by atoms with van der Waals surface area (Å²) in [6.07, 6.45) is 0. The van der Waals surface area contributed by atoms with Crippen LogP contribution in [-0.2, 0) is 5.88 Å². The van der Waals surface area contributed by atoms with E-state index in [1.54, 1.807) is 0 Å². The molecule has 0 unspecified atom stereocenters. The molecule has 0 aliphatic rings. The van der Waals surface area contributed by atoms with Gasteiger partial charge >= 0.3 is 0 Å². The molecule has 0 radical (unpaired) electrons. The molecule has 0 aliphatic heterocycles. The van der Waals surface area contributed by atoms with Crippen molar-refractivity contribution in [1.82, 2.24) is 9.55 Å². The second kappa shape index (κ2) is 5.40. The van der Waals surface area contributed by atoms with E-state index in [2.05, 4.69) is 20.9 Å². The second-order valence-corrected chi connectivity index (χ2v) is 6.13. The van der Waals surface area contributed by atoms with Crippen molar-refractivity contribution in [2.24, 2.45) is 0 Å². The zero-order chi connectivity index (χ0) is 14.3. The van der Waals surface area contributed by atoms with E-state index in [1.807, 2.05) is 47.9 Å². The molecular formula is C15H11BrCl2N2. The predicted molar refractivity (Wildman–Crippen MR) is 88.1 cm³/mol. The number of aryl methyl sites for hydroxylation is 1. The van der Waals surface area contributed by atoms with Crippen molar-refractivity contribution in [1.29, 1.82) is 0 Å². The zero-order valence-corrected chi connectivity index (χ0v) is 13.8. The lowest BCUT2D eigenvalue weighted by atomic mass is 10.2. The molecule has 0 fully saturated rings. The molecule has 2 aromatic carbocycles. The molecule has 2 nitrogen and oxygen atoms in total. The summed E-state index contributed by atoms with van der Waals surface area (Å²) < 4.78 is 3.03. The largest absolute Gasteiger partial charge is 0.293 e. The van der Waals surface area contributed by atoms with Gasteiger partial charge in [-0.15, -0.1) is 11.6 Å². The highest BCUT2D eigenvalue weighted by molar-refractivity contribution is 9.10. The van der Waals surface area contributed by atoms with Crippen molar-refractivity contribution in [3.05, 3.63) is 57.3 Å². The van der Waals surface area contributed by atoms with Crippen LogP contribution >= 0.6 is 39.1 Å². The average molecular weight is 370 g/mol. The Kier molecular flexibility index (Phi) is 3.76. The van der Waals surface area contributed by atoms with Gasteiger partial charge in [0.05, 0.1) is 27.6 Å². The molecule has 3 aromatic rings. The summed E-state index contributed by atoms with van der Waals surface area (Å²) in [6, 6.07) is 11.8. The van der Waals surface area contributed by atoms with Crippen LogP contribution in [0.15, 0.2) is 40.9 Å². The third kappa shape index (κ3) is 2.24. The molecule has 0 spiro atoms. The van der Waals surface area contributed by atoms with Crippen LogP contribution in [0.25, 0.3) is 16.7 Å². The van der Waals surface area contributed by atoms with Crippen LogP contribution in [0.5, 0.6) is 0 Å². The van der Waals surface area contributed by atoms with E-state index in [0.717, 1.165) is 32.6 Å². The van der Waals surface area contributed by atoms with E-state index in [0.29, 0.717) is 10.9 Å². The van der Waals surface area contributed by atoms with Crippen LogP contribution in [0.1, 0.15) is 11.4 Å². The summed E-state index contributed by atoms with van der Waals surface area (Å²) >= 11 is 15.9. The Bertz CT molecular complexity index is 776. The Hall–Kier alpha value is -1.03. The summed E-state index contributed by atoms with van der Waals surface area (Å²) in [5, 5.41) is 0.690. The van der Waals surface area contributed by atoms with E-state index in [1.165, 1.54) is 0 Å². The SMILES string of the molecule is Cc1cccc(Cl)c1-n1c(CCl)nc2ccc(Br)cc21. The molecule has 0 atom stereocenters. The molecule has 0 amide bonds. The maximum absolute atomic E-state index is 6.39. The Labute approximate surface area is 135 Å². The van der Waals surface area contributed by atoms with Gasteiger partial charge < -0.3 is 0 Å². The minimum Gasteiger partial charge on any atom is -0.293 e. The van der Waals surface area contributed by atoms with E-state index in [-0.39, 0.29) is 0 Å². The predicted octanol–water partition coefficient (Wildman–Crippen LogP) is 5.49. The fraction of sp³-hybridized carbons (Fsp3) is 0.133. The van der Waals surface area contributed by atoms with Gasteiger partial charge in [0, 0.05) is 4.47 Å². The van der Waals surface area contributed by atoms with Gasteiger partial charge in [-0.1, -0.05) is 39.7 Å². The molecular weight excluding hydrogens is 359 g/mol.